The van der Waals surface area contributed by atoms with Gasteiger partial charge in [-0.1, -0.05) is 0 Å². The molecule has 30 heavy (non-hydrogen) atoms. The van der Waals surface area contributed by atoms with Crippen molar-refractivity contribution in [2.75, 3.05) is 31.5 Å². The van der Waals surface area contributed by atoms with Gasteiger partial charge in [0.2, 0.25) is 0 Å². The maximum absolute atomic E-state index is 12.7. The Morgan fingerprint density at radius 2 is 1.70 bits per heavy atom. The molecule has 0 aliphatic carbocycles. The van der Waals surface area contributed by atoms with Crippen molar-refractivity contribution in [3.8, 4) is 0 Å². The van der Waals surface area contributed by atoms with Crippen LogP contribution in [-0.2, 0) is 4.74 Å². The van der Waals surface area contributed by atoms with Crippen molar-refractivity contribution < 1.29 is 14.3 Å². The van der Waals surface area contributed by atoms with Gasteiger partial charge in [0.05, 0.1) is 0 Å². The maximum atomic E-state index is 12.7. The Labute approximate surface area is 181 Å². The number of nitrogens with zero attached hydrogens (tertiary/aromatic N) is 4. The first kappa shape index (κ1) is 21.9. The Balaban J connectivity index is 1.53. The summed E-state index contributed by atoms with van der Waals surface area (Å²) in [7, 11) is 0. The normalized spacial score (nSPS) is 14.4. The molecule has 1 aliphatic heterocycles. The van der Waals surface area contributed by atoms with Crippen LogP contribution in [0.25, 0.3) is 0 Å². The molecule has 1 aliphatic rings. The van der Waals surface area contributed by atoms with Crippen molar-refractivity contribution in [2.45, 2.75) is 43.3 Å². The topological polar surface area (TPSA) is 87.7 Å². The van der Waals surface area contributed by atoms with Gasteiger partial charge in [-0.2, -0.15) is 0 Å². The number of piperazine rings is 1. The van der Waals surface area contributed by atoms with Gasteiger partial charge >= 0.3 is 12.1 Å². The second-order valence-electron chi connectivity index (χ2n) is 7.99. The van der Waals surface area contributed by atoms with Crippen molar-refractivity contribution in [1.82, 2.24) is 19.8 Å². The van der Waals surface area contributed by atoms with Gasteiger partial charge in [-0.25, -0.2) is 19.6 Å². The number of anilines is 1. The molecule has 3 amide bonds. The Morgan fingerprint density at radius 3 is 2.30 bits per heavy atom. The summed E-state index contributed by atoms with van der Waals surface area (Å²) in [6.45, 7) is 9.30. The van der Waals surface area contributed by atoms with Crippen LogP contribution >= 0.6 is 11.8 Å². The second kappa shape index (κ2) is 9.34. The van der Waals surface area contributed by atoms with Crippen LogP contribution in [0.15, 0.2) is 46.7 Å². The average Bonchev–Trinajstić information content (AvgIpc) is 2.69. The van der Waals surface area contributed by atoms with E-state index in [4.69, 9.17) is 4.74 Å². The number of aromatic nitrogens is 2. The molecule has 160 valence electrons. The number of benzene rings is 1. The van der Waals surface area contributed by atoms with Gasteiger partial charge in [-0.3, -0.25) is 0 Å². The Morgan fingerprint density at radius 1 is 1.07 bits per heavy atom. The van der Waals surface area contributed by atoms with Gasteiger partial charge in [-0.05, 0) is 69.3 Å². The number of hydrogen-bond donors (Lipinski definition) is 1. The van der Waals surface area contributed by atoms with E-state index >= 15 is 0 Å². The van der Waals surface area contributed by atoms with E-state index in [0.717, 1.165) is 16.1 Å². The first-order valence-corrected chi connectivity index (χ1v) is 10.6. The fourth-order valence-electron chi connectivity index (χ4n) is 2.90. The lowest BCUT2D eigenvalue weighted by Crippen LogP contribution is -2.52. The van der Waals surface area contributed by atoms with Crippen molar-refractivity contribution in [1.29, 1.82) is 0 Å². The minimum absolute atomic E-state index is 0.172. The number of aryl methyl sites for hydroxylation is 1. The summed E-state index contributed by atoms with van der Waals surface area (Å²) in [6.07, 6.45) is 3.08. The summed E-state index contributed by atoms with van der Waals surface area (Å²) in [5.74, 6) is 0. The van der Waals surface area contributed by atoms with Crippen LogP contribution in [0.2, 0.25) is 0 Å². The standard InChI is InChI=1S/C21H27N5O3S/c1-15-14-16(30-18-22-8-5-9-23-18)6-7-17(15)24-19(27)25-10-12-26(13-11-25)20(28)29-21(2,3)4/h5-9,14H,10-13H2,1-4H3,(H,24,27). The highest BCUT2D eigenvalue weighted by Gasteiger charge is 2.27. The molecule has 2 aromatic rings. The van der Waals surface area contributed by atoms with E-state index in [0.29, 0.717) is 31.3 Å². The number of rotatable bonds is 3. The largest absolute Gasteiger partial charge is 0.444 e. The third-order valence-corrected chi connectivity index (χ3v) is 5.29. The van der Waals surface area contributed by atoms with E-state index in [2.05, 4.69) is 15.3 Å². The van der Waals surface area contributed by atoms with Gasteiger partial charge in [-0.15, -0.1) is 0 Å². The number of ether oxygens (including phenoxy) is 1. The highest BCUT2D eigenvalue weighted by atomic mass is 32.2. The van der Waals surface area contributed by atoms with E-state index in [-0.39, 0.29) is 12.1 Å². The lowest BCUT2D eigenvalue weighted by molar-refractivity contribution is 0.0174. The number of urea groups is 1. The van der Waals surface area contributed by atoms with Crippen LogP contribution in [0.4, 0.5) is 15.3 Å². The van der Waals surface area contributed by atoms with Crippen molar-refractivity contribution in [2.24, 2.45) is 0 Å². The molecule has 0 radical (unpaired) electrons. The minimum atomic E-state index is -0.528. The van der Waals surface area contributed by atoms with E-state index in [1.54, 1.807) is 28.3 Å². The summed E-state index contributed by atoms with van der Waals surface area (Å²) in [6, 6.07) is 7.42. The summed E-state index contributed by atoms with van der Waals surface area (Å²) < 4.78 is 5.40. The maximum Gasteiger partial charge on any atom is 0.410 e. The molecule has 1 fully saturated rings. The van der Waals surface area contributed by atoms with Gasteiger partial charge in [0.15, 0.2) is 5.16 Å². The van der Waals surface area contributed by atoms with Crippen LogP contribution < -0.4 is 5.32 Å². The monoisotopic (exact) mass is 429 g/mol. The van der Waals surface area contributed by atoms with Gasteiger partial charge in [0, 0.05) is 49.2 Å². The lowest BCUT2D eigenvalue weighted by atomic mass is 10.2. The Bertz CT molecular complexity index is 893. The number of amides is 3. The van der Waals surface area contributed by atoms with Gasteiger partial charge in [0.1, 0.15) is 5.60 Å². The molecule has 0 bridgehead atoms. The molecule has 1 aromatic carbocycles. The summed E-state index contributed by atoms with van der Waals surface area (Å²) in [4.78, 5) is 37.6. The SMILES string of the molecule is Cc1cc(Sc2ncccn2)ccc1NC(=O)N1CCN(C(=O)OC(C)(C)C)CC1. The van der Waals surface area contributed by atoms with Crippen molar-refractivity contribution >= 4 is 29.6 Å². The molecule has 2 heterocycles. The van der Waals surface area contributed by atoms with Gasteiger partial charge < -0.3 is 19.9 Å². The third kappa shape index (κ3) is 6.09. The molecule has 1 aromatic heterocycles. The van der Waals surface area contributed by atoms with E-state index < -0.39 is 5.60 Å². The summed E-state index contributed by atoms with van der Waals surface area (Å²) in [5, 5.41) is 3.64. The fourth-order valence-corrected chi connectivity index (χ4v) is 3.71. The van der Waals surface area contributed by atoms with Crippen LogP contribution in [0.5, 0.6) is 0 Å². The smallest absolute Gasteiger partial charge is 0.410 e. The molecule has 0 atom stereocenters. The fraction of sp³-hybridized carbons (Fsp3) is 0.429. The number of hydrogen-bond acceptors (Lipinski definition) is 6. The average molecular weight is 430 g/mol. The predicted molar refractivity (Wildman–Crippen MR) is 116 cm³/mol. The van der Waals surface area contributed by atoms with Gasteiger partial charge in [0.25, 0.3) is 0 Å². The zero-order chi connectivity index (χ0) is 21.7. The zero-order valence-electron chi connectivity index (χ0n) is 17.7. The molecular weight excluding hydrogens is 402 g/mol. The molecule has 8 nitrogen and oxygen atoms in total. The predicted octanol–water partition coefficient (Wildman–Crippen LogP) is 4.02. The second-order valence-corrected chi connectivity index (χ2v) is 9.04. The lowest BCUT2D eigenvalue weighted by Gasteiger charge is -2.35. The first-order valence-electron chi connectivity index (χ1n) is 9.81. The van der Waals surface area contributed by atoms with E-state index in [1.165, 1.54) is 11.8 Å². The minimum Gasteiger partial charge on any atom is -0.444 e. The summed E-state index contributed by atoms with van der Waals surface area (Å²) in [5.41, 5.74) is 1.18. The zero-order valence-corrected chi connectivity index (χ0v) is 18.5. The molecule has 9 heteroatoms. The quantitative estimate of drug-likeness (QED) is 0.742. The van der Waals surface area contributed by atoms with Crippen LogP contribution in [-0.4, -0.2) is 63.7 Å². The van der Waals surface area contributed by atoms with E-state index in [1.807, 2.05) is 45.9 Å². The number of nitrogens with one attached hydrogen (secondary N) is 1. The first-order chi connectivity index (χ1) is 14.2. The Hall–Kier alpha value is -2.81. The van der Waals surface area contributed by atoms with Crippen LogP contribution in [0.3, 0.4) is 0 Å². The Kier molecular flexibility index (Phi) is 6.81. The highest BCUT2D eigenvalue weighted by molar-refractivity contribution is 7.99. The van der Waals surface area contributed by atoms with Crippen LogP contribution in [0.1, 0.15) is 26.3 Å². The molecule has 3 rings (SSSR count). The number of carbonyl (C=O) groups excluding carboxylic acids is 2. The molecular formula is C21H27N5O3S. The highest BCUT2D eigenvalue weighted by Crippen LogP contribution is 2.28. The molecule has 0 unspecified atom stereocenters. The van der Waals surface area contributed by atoms with E-state index in [9.17, 15) is 9.59 Å². The van der Waals surface area contributed by atoms with Crippen molar-refractivity contribution in [3.05, 3.63) is 42.2 Å². The molecule has 0 spiro atoms. The van der Waals surface area contributed by atoms with Crippen LogP contribution in [0, 0.1) is 6.92 Å². The molecule has 0 saturated carbocycles. The number of carbonyl (C=O) groups is 2. The summed E-state index contributed by atoms with van der Waals surface area (Å²) >= 11 is 1.47. The molecule has 1 saturated heterocycles. The van der Waals surface area contributed by atoms with Crippen molar-refractivity contribution in [3.63, 3.8) is 0 Å². The third-order valence-electron chi connectivity index (χ3n) is 4.41. The molecule has 1 N–H and O–H groups in total.